The van der Waals surface area contributed by atoms with E-state index in [0.29, 0.717) is 46.1 Å². The van der Waals surface area contributed by atoms with Crippen LogP contribution in [0.4, 0.5) is 8.78 Å². The van der Waals surface area contributed by atoms with Gasteiger partial charge in [0.05, 0.1) is 18.1 Å². The van der Waals surface area contributed by atoms with Crippen molar-refractivity contribution in [1.29, 1.82) is 0 Å². The summed E-state index contributed by atoms with van der Waals surface area (Å²) in [4.78, 5) is 20.1. The zero-order valence-electron chi connectivity index (χ0n) is 20.7. The van der Waals surface area contributed by atoms with Gasteiger partial charge in [-0.1, -0.05) is 0 Å². The Kier molecular flexibility index (Phi) is 5.76. The third-order valence-electron chi connectivity index (χ3n) is 7.33. The van der Waals surface area contributed by atoms with Crippen LogP contribution >= 0.6 is 0 Å². The van der Waals surface area contributed by atoms with Crippen LogP contribution in [0.25, 0.3) is 22.2 Å². The summed E-state index contributed by atoms with van der Waals surface area (Å²) in [6.07, 6.45) is 5.26. The van der Waals surface area contributed by atoms with Crippen molar-refractivity contribution in [2.45, 2.75) is 45.8 Å². The van der Waals surface area contributed by atoms with Crippen LogP contribution in [0.1, 0.15) is 42.8 Å². The lowest BCUT2D eigenvalue weighted by atomic mass is 9.96. The number of likely N-dealkylation sites (tertiary alicyclic amines) is 1. The Hall–Kier alpha value is -3.30. The molecule has 4 aromatic rings. The smallest absolute Gasteiger partial charge is 0.151 e. The molecule has 2 aliphatic heterocycles. The third kappa shape index (κ3) is 4.16. The van der Waals surface area contributed by atoms with Crippen molar-refractivity contribution in [3.8, 4) is 11.1 Å². The maximum atomic E-state index is 15.0. The van der Waals surface area contributed by atoms with Gasteiger partial charge in [-0.3, -0.25) is 9.88 Å². The van der Waals surface area contributed by atoms with Crippen LogP contribution in [0.15, 0.2) is 36.8 Å². The van der Waals surface area contributed by atoms with E-state index in [1.807, 2.05) is 37.7 Å². The molecule has 6 rings (SSSR count). The normalized spacial score (nSPS) is 19.7. The summed E-state index contributed by atoms with van der Waals surface area (Å²) in [5.74, 6) is 1.13. The molecule has 0 saturated carbocycles. The Bertz CT molecular complexity index is 1420. The fourth-order valence-corrected chi connectivity index (χ4v) is 5.52. The standard InChI is InChI=1S/C27H29F2N7/c1-15(2)36-16(3)34-27-22(28)4-18(5-25(27)36)21-6-20(30-11-23(21)29)7-26-32-8-17(9-33-26)12-35-13-19-10-31-24(19)14-35/h4-6,8-9,11,15,19,24,31H,7,10,12-14H2,1-3H3/t19-,24+/m1/s1. The largest absolute Gasteiger partial charge is 0.326 e. The summed E-state index contributed by atoms with van der Waals surface area (Å²) in [5, 5.41) is 3.47. The van der Waals surface area contributed by atoms with E-state index in [0.717, 1.165) is 43.5 Å². The maximum Gasteiger partial charge on any atom is 0.151 e. The highest BCUT2D eigenvalue weighted by Gasteiger charge is 2.38. The van der Waals surface area contributed by atoms with Crippen molar-refractivity contribution in [1.82, 2.24) is 34.7 Å². The molecule has 0 amide bonds. The molecule has 7 nitrogen and oxygen atoms in total. The number of aromatic nitrogens is 5. The van der Waals surface area contributed by atoms with Gasteiger partial charge in [-0.2, -0.15) is 0 Å². The van der Waals surface area contributed by atoms with Gasteiger partial charge in [0.1, 0.15) is 23.0 Å². The van der Waals surface area contributed by atoms with Crippen molar-refractivity contribution >= 4 is 11.0 Å². The number of benzene rings is 1. The first-order chi connectivity index (χ1) is 17.4. The van der Waals surface area contributed by atoms with Gasteiger partial charge in [-0.05, 0) is 44.5 Å². The lowest BCUT2D eigenvalue weighted by Crippen LogP contribution is -2.51. The average Bonchev–Trinajstić information content (AvgIpc) is 3.32. The van der Waals surface area contributed by atoms with E-state index in [-0.39, 0.29) is 6.04 Å². The Labute approximate surface area is 208 Å². The maximum absolute atomic E-state index is 15.0. The van der Waals surface area contributed by atoms with Crippen LogP contribution in [-0.4, -0.2) is 55.1 Å². The van der Waals surface area contributed by atoms with Gasteiger partial charge in [-0.25, -0.2) is 23.7 Å². The zero-order valence-corrected chi connectivity index (χ0v) is 20.7. The van der Waals surface area contributed by atoms with Gasteiger partial charge in [0.15, 0.2) is 5.82 Å². The van der Waals surface area contributed by atoms with Crippen molar-refractivity contribution in [2.75, 3.05) is 19.6 Å². The fourth-order valence-electron chi connectivity index (χ4n) is 5.52. The van der Waals surface area contributed by atoms with Gasteiger partial charge in [0.25, 0.3) is 0 Å². The molecule has 0 bridgehead atoms. The fraction of sp³-hybridized carbons (Fsp3) is 0.407. The molecule has 1 aromatic carbocycles. The topological polar surface area (TPSA) is 71.8 Å². The number of nitrogens with zero attached hydrogens (tertiary/aromatic N) is 6. The van der Waals surface area contributed by atoms with E-state index < -0.39 is 11.6 Å². The molecule has 0 spiro atoms. The molecule has 5 heterocycles. The third-order valence-corrected chi connectivity index (χ3v) is 7.33. The second kappa shape index (κ2) is 8.97. The van der Waals surface area contributed by atoms with E-state index in [4.69, 9.17) is 0 Å². The minimum atomic E-state index is -0.504. The van der Waals surface area contributed by atoms with E-state index in [1.54, 1.807) is 12.1 Å². The average molecular weight is 490 g/mol. The number of aryl methyl sites for hydroxylation is 1. The predicted molar refractivity (Wildman–Crippen MR) is 133 cm³/mol. The minimum absolute atomic E-state index is 0.0971. The number of pyridine rings is 1. The molecule has 0 unspecified atom stereocenters. The molecule has 2 aliphatic rings. The summed E-state index contributed by atoms with van der Waals surface area (Å²) in [6.45, 7) is 10.0. The molecule has 0 radical (unpaired) electrons. The molecule has 1 N–H and O–H groups in total. The lowest BCUT2D eigenvalue weighted by Gasteiger charge is -2.30. The van der Waals surface area contributed by atoms with E-state index in [2.05, 4.69) is 30.2 Å². The highest BCUT2D eigenvalue weighted by molar-refractivity contribution is 5.83. The molecule has 9 heteroatoms. The van der Waals surface area contributed by atoms with Gasteiger partial charge >= 0.3 is 0 Å². The Morgan fingerprint density at radius 1 is 1.03 bits per heavy atom. The zero-order chi connectivity index (χ0) is 25.0. The molecule has 2 fully saturated rings. The lowest BCUT2D eigenvalue weighted by molar-refractivity contribution is 0.295. The van der Waals surface area contributed by atoms with Gasteiger partial charge in [0.2, 0.25) is 0 Å². The second-order valence-corrected chi connectivity index (χ2v) is 10.3. The van der Waals surface area contributed by atoms with E-state index in [1.165, 1.54) is 12.3 Å². The predicted octanol–water partition coefficient (Wildman–Crippen LogP) is 4.05. The molecular formula is C27H29F2N7. The van der Waals surface area contributed by atoms with Gasteiger partial charge in [0, 0.05) is 73.4 Å². The quantitative estimate of drug-likeness (QED) is 0.441. The number of halogens is 2. The SMILES string of the molecule is Cc1nc2c(F)cc(-c3cc(Cc4ncc(CN5C[C@H]6CN[C@H]6C5)cn4)ncc3F)cc2n1C(C)C. The van der Waals surface area contributed by atoms with Gasteiger partial charge < -0.3 is 9.88 Å². The van der Waals surface area contributed by atoms with Gasteiger partial charge in [-0.15, -0.1) is 0 Å². The molecule has 2 atom stereocenters. The number of nitrogens with one attached hydrogen (secondary N) is 1. The number of hydrogen-bond donors (Lipinski definition) is 1. The van der Waals surface area contributed by atoms with Crippen LogP contribution in [0, 0.1) is 24.5 Å². The molecule has 36 heavy (non-hydrogen) atoms. The summed E-state index contributed by atoms with van der Waals surface area (Å²) in [6, 6.07) is 5.52. The number of fused-ring (bicyclic) bond motifs is 2. The molecule has 3 aromatic heterocycles. The van der Waals surface area contributed by atoms with E-state index >= 15 is 0 Å². The first-order valence-electron chi connectivity index (χ1n) is 12.4. The molecule has 0 aliphatic carbocycles. The number of hydrogen-bond acceptors (Lipinski definition) is 6. The van der Waals surface area contributed by atoms with Crippen molar-refractivity contribution in [3.05, 3.63) is 71.3 Å². The first kappa shape index (κ1) is 23.1. The summed E-state index contributed by atoms with van der Waals surface area (Å²) >= 11 is 0. The number of imidazole rings is 1. The van der Waals surface area contributed by atoms with Crippen molar-refractivity contribution in [2.24, 2.45) is 5.92 Å². The second-order valence-electron chi connectivity index (χ2n) is 10.3. The Morgan fingerprint density at radius 2 is 1.83 bits per heavy atom. The van der Waals surface area contributed by atoms with Crippen molar-refractivity contribution < 1.29 is 8.78 Å². The van der Waals surface area contributed by atoms with Crippen molar-refractivity contribution in [3.63, 3.8) is 0 Å². The summed E-state index contributed by atoms with van der Waals surface area (Å²) < 4.78 is 31.8. The summed E-state index contributed by atoms with van der Waals surface area (Å²) in [5.41, 5.74) is 3.39. The highest BCUT2D eigenvalue weighted by Crippen LogP contribution is 2.31. The van der Waals surface area contributed by atoms with Crippen LogP contribution in [0.5, 0.6) is 0 Å². The van der Waals surface area contributed by atoms with E-state index in [9.17, 15) is 8.78 Å². The monoisotopic (exact) mass is 489 g/mol. The minimum Gasteiger partial charge on any atom is -0.326 e. The Balaban J connectivity index is 1.24. The first-order valence-corrected chi connectivity index (χ1v) is 12.4. The Morgan fingerprint density at radius 3 is 2.50 bits per heavy atom. The number of rotatable bonds is 6. The van der Waals surface area contributed by atoms with Crippen LogP contribution in [0.3, 0.4) is 0 Å². The molecule has 186 valence electrons. The highest BCUT2D eigenvalue weighted by atomic mass is 19.1. The molecule has 2 saturated heterocycles. The summed E-state index contributed by atoms with van der Waals surface area (Å²) in [7, 11) is 0. The van der Waals surface area contributed by atoms with Crippen LogP contribution in [-0.2, 0) is 13.0 Å². The molecular weight excluding hydrogens is 460 g/mol. The van der Waals surface area contributed by atoms with Crippen LogP contribution in [0.2, 0.25) is 0 Å². The van der Waals surface area contributed by atoms with Crippen LogP contribution < -0.4 is 5.32 Å².